The summed E-state index contributed by atoms with van der Waals surface area (Å²) in [6.45, 7) is 5.31. The number of nitrogens with two attached hydrogens (primary N) is 1. The van der Waals surface area contributed by atoms with Crippen molar-refractivity contribution in [2.45, 2.75) is 57.3 Å². The Labute approximate surface area is 128 Å². The highest BCUT2D eigenvalue weighted by molar-refractivity contribution is 7.89. The molecule has 0 aliphatic rings. The van der Waals surface area contributed by atoms with Gasteiger partial charge in [0, 0.05) is 19.3 Å². The lowest BCUT2D eigenvalue weighted by Crippen LogP contribution is -2.33. The molecule has 1 aromatic heterocycles. The number of hydrogen-bond donors (Lipinski definition) is 1. The lowest BCUT2D eigenvalue weighted by atomic mass is 10.2. The van der Waals surface area contributed by atoms with Crippen LogP contribution in [0.1, 0.15) is 52.4 Å². The van der Waals surface area contributed by atoms with Gasteiger partial charge in [0.2, 0.25) is 10.0 Å². The highest BCUT2D eigenvalue weighted by Gasteiger charge is 2.26. The van der Waals surface area contributed by atoms with Gasteiger partial charge in [0.1, 0.15) is 10.7 Å². The van der Waals surface area contributed by atoms with Crippen LogP contribution < -0.4 is 5.73 Å². The van der Waals surface area contributed by atoms with Crippen LogP contribution in [0.15, 0.2) is 23.2 Å². The molecule has 5 nitrogen and oxygen atoms in total. The van der Waals surface area contributed by atoms with Crippen LogP contribution in [0.5, 0.6) is 0 Å². The standard InChI is InChI=1S/C15H27N3O2S/c1-3-5-7-12-18(13-8-6-4-2)21(19,20)14-10-9-11-17-15(14)16/h9-11H,3-8,12-13H2,1-2H3,(H2,16,17). The average Bonchev–Trinajstić information content (AvgIpc) is 2.46. The third kappa shape index (κ3) is 5.28. The fourth-order valence-electron chi connectivity index (χ4n) is 2.19. The summed E-state index contributed by atoms with van der Waals surface area (Å²) < 4.78 is 27.1. The van der Waals surface area contributed by atoms with E-state index in [1.54, 1.807) is 10.4 Å². The number of rotatable bonds is 10. The van der Waals surface area contributed by atoms with Gasteiger partial charge in [0.25, 0.3) is 0 Å². The minimum Gasteiger partial charge on any atom is -0.383 e. The normalized spacial score (nSPS) is 12.0. The number of sulfonamides is 1. The first-order valence-corrected chi connectivity index (χ1v) is 9.18. The van der Waals surface area contributed by atoms with Crippen LogP contribution >= 0.6 is 0 Å². The van der Waals surface area contributed by atoms with Gasteiger partial charge in [-0.25, -0.2) is 13.4 Å². The van der Waals surface area contributed by atoms with E-state index >= 15 is 0 Å². The molecule has 0 spiro atoms. The van der Waals surface area contributed by atoms with Gasteiger partial charge in [-0.1, -0.05) is 39.5 Å². The molecule has 1 aromatic rings. The summed E-state index contributed by atoms with van der Waals surface area (Å²) >= 11 is 0. The summed E-state index contributed by atoms with van der Waals surface area (Å²) in [5, 5.41) is 0. The molecule has 1 rings (SSSR count). The Balaban J connectivity index is 2.90. The van der Waals surface area contributed by atoms with Gasteiger partial charge < -0.3 is 5.73 Å². The van der Waals surface area contributed by atoms with E-state index < -0.39 is 10.0 Å². The van der Waals surface area contributed by atoms with Crippen molar-refractivity contribution in [2.75, 3.05) is 18.8 Å². The molecule has 0 saturated heterocycles. The van der Waals surface area contributed by atoms with E-state index in [0.717, 1.165) is 38.5 Å². The van der Waals surface area contributed by atoms with Gasteiger partial charge in [-0.15, -0.1) is 0 Å². The molecule has 120 valence electrons. The van der Waals surface area contributed by atoms with Gasteiger partial charge in [-0.2, -0.15) is 4.31 Å². The number of unbranched alkanes of at least 4 members (excludes halogenated alkanes) is 4. The summed E-state index contributed by atoms with van der Waals surface area (Å²) in [6.07, 6.45) is 7.46. The molecular formula is C15H27N3O2S. The van der Waals surface area contributed by atoms with E-state index in [4.69, 9.17) is 5.73 Å². The second-order valence-electron chi connectivity index (χ2n) is 5.21. The number of nitrogens with zero attached hydrogens (tertiary/aromatic N) is 2. The topological polar surface area (TPSA) is 76.3 Å². The van der Waals surface area contributed by atoms with Crippen molar-refractivity contribution in [1.29, 1.82) is 0 Å². The SMILES string of the molecule is CCCCCN(CCCCC)S(=O)(=O)c1cccnc1N. The molecule has 2 N–H and O–H groups in total. The molecule has 0 saturated carbocycles. The Morgan fingerprint density at radius 1 is 1.10 bits per heavy atom. The fourth-order valence-corrected chi connectivity index (χ4v) is 3.77. The molecule has 0 aliphatic carbocycles. The largest absolute Gasteiger partial charge is 0.383 e. The van der Waals surface area contributed by atoms with E-state index in [0.29, 0.717) is 13.1 Å². The van der Waals surface area contributed by atoms with Crippen LogP contribution in [0.2, 0.25) is 0 Å². The lowest BCUT2D eigenvalue weighted by molar-refractivity contribution is 0.389. The molecule has 21 heavy (non-hydrogen) atoms. The van der Waals surface area contributed by atoms with Crippen LogP contribution in [-0.4, -0.2) is 30.8 Å². The van der Waals surface area contributed by atoms with Crippen LogP contribution in [0, 0.1) is 0 Å². The van der Waals surface area contributed by atoms with Crippen molar-refractivity contribution in [2.24, 2.45) is 0 Å². The van der Waals surface area contributed by atoms with Crippen molar-refractivity contribution in [3.63, 3.8) is 0 Å². The van der Waals surface area contributed by atoms with Gasteiger partial charge in [0.05, 0.1) is 0 Å². The first kappa shape index (κ1) is 17.9. The number of aromatic nitrogens is 1. The third-order valence-corrected chi connectivity index (χ3v) is 5.39. The molecule has 0 bridgehead atoms. The summed E-state index contributed by atoms with van der Waals surface area (Å²) in [5.41, 5.74) is 5.74. The maximum atomic E-state index is 12.7. The van der Waals surface area contributed by atoms with Crippen LogP contribution in [0.3, 0.4) is 0 Å². The molecule has 0 aliphatic heterocycles. The van der Waals surface area contributed by atoms with Gasteiger partial charge in [0.15, 0.2) is 0 Å². The van der Waals surface area contributed by atoms with E-state index in [2.05, 4.69) is 18.8 Å². The molecule has 0 unspecified atom stereocenters. The van der Waals surface area contributed by atoms with Crippen LogP contribution in [0.4, 0.5) is 5.82 Å². The van der Waals surface area contributed by atoms with Gasteiger partial charge in [-0.05, 0) is 25.0 Å². The lowest BCUT2D eigenvalue weighted by Gasteiger charge is -2.22. The van der Waals surface area contributed by atoms with Gasteiger partial charge >= 0.3 is 0 Å². The summed E-state index contributed by atoms with van der Waals surface area (Å²) in [4.78, 5) is 4.02. The van der Waals surface area contributed by atoms with Crippen molar-refractivity contribution in [3.8, 4) is 0 Å². The predicted octanol–water partition coefficient (Wildman–Crippen LogP) is 3.03. The highest BCUT2D eigenvalue weighted by atomic mass is 32.2. The van der Waals surface area contributed by atoms with Crippen LogP contribution in [-0.2, 0) is 10.0 Å². The molecule has 0 fully saturated rings. The number of pyridine rings is 1. The Hall–Kier alpha value is -1.14. The number of anilines is 1. The summed E-state index contributed by atoms with van der Waals surface area (Å²) in [7, 11) is -3.55. The zero-order chi connectivity index (χ0) is 15.7. The van der Waals surface area contributed by atoms with Crippen LogP contribution in [0.25, 0.3) is 0 Å². The number of hydrogen-bond acceptors (Lipinski definition) is 4. The molecular weight excluding hydrogens is 286 g/mol. The molecule has 0 atom stereocenters. The summed E-state index contributed by atoms with van der Waals surface area (Å²) in [5.74, 6) is 0.0773. The maximum absolute atomic E-state index is 12.7. The van der Waals surface area contributed by atoms with E-state index in [1.165, 1.54) is 12.3 Å². The zero-order valence-corrected chi connectivity index (χ0v) is 13.9. The molecule has 6 heteroatoms. The van der Waals surface area contributed by atoms with Crippen molar-refractivity contribution < 1.29 is 8.42 Å². The average molecular weight is 313 g/mol. The minimum atomic E-state index is -3.55. The smallest absolute Gasteiger partial charge is 0.246 e. The Kier molecular flexibility index (Phi) is 7.67. The quantitative estimate of drug-likeness (QED) is 0.674. The first-order chi connectivity index (χ1) is 10.0. The molecule has 0 aromatic carbocycles. The van der Waals surface area contributed by atoms with Crippen molar-refractivity contribution in [3.05, 3.63) is 18.3 Å². The minimum absolute atomic E-state index is 0.0773. The second kappa shape index (κ2) is 9.00. The Morgan fingerprint density at radius 2 is 1.67 bits per heavy atom. The number of nitrogen functional groups attached to an aromatic ring is 1. The van der Waals surface area contributed by atoms with Crippen molar-refractivity contribution >= 4 is 15.8 Å². The third-order valence-electron chi connectivity index (χ3n) is 3.44. The zero-order valence-electron chi connectivity index (χ0n) is 13.1. The first-order valence-electron chi connectivity index (χ1n) is 7.74. The summed E-state index contributed by atoms with van der Waals surface area (Å²) in [6, 6.07) is 3.14. The second-order valence-corrected chi connectivity index (χ2v) is 7.11. The maximum Gasteiger partial charge on any atom is 0.246 e. The molecule has 0 radical (unpaired) electrons. The Morgan fingerprint density at radius 3 is 2.14 bits per heavy atom. The Bertz CT molecular complexity index is 507. The van der Waals surface area contributed by atoms with Gasteiger partial charge in [-0.3, -0.25) is 0 Å². The highest BCUT2D eigenvalue weighted by Crippen LogP contribution is 2.21. The van der Waals surface area contributed by atoms with E-state index in [1.807, 2.05) is 0 Å². The molecule has 0 amide bonds. The van der Waals surface area contributed by atoms with E-state index in [9.17, 15) is 8.42 Å². The fraction of sp³-hybridized carbons (Fsp3) is 0.667. The van der Waals surface area contributed by atoms with E-state index in [-0.39, 0.29) is 10.7 Å². The monoisotopic (exact) mass is 313 g/mol. The predicted molar refractivity (Wildman–Crippen MR) is 86.5 cm³/mol. The van der Waals surface area contributed by atoms with Crippen molar-refractivity contribution in [1.82, 2.24) is 9.29 Å². The molecule has 1 heterocycles.